The minimum Gasteiger partial charge on any atom is -0.497 e. The largest absolute Gasteiger partial charge is 0.497 e. The lowest BCUT2D eigenvalue weighted by Crippen LogP contribution is -2.39. The molecule has 1 aliphatic heterocycles. The van der Waals surface area contributed by atoms with Crippen molar-refractivity contribution >= 4 is 27.5 Å². The SMILES string of the molecule is COc1ccc(-n2nc(C(F)(F)F)c3c2C(=O)N(c2ccc(/C(=N/S(C)(=O)=O)N(C)C)cc2)CC3)cc1. The molecular weight excluding hydrogens is 511 g/mol. The molecule has 2 heterocycles. The molecule has 196 valence electrons. The van der Waals surface area contributed by atoms with Crippen LogP contribution in [-0.4, -0.2) is 68.8 Å². The highest BCUT2D eigenvalue weighted by Gasteiger charge is 2.43. The van der Waals surface area contributed by atoms with E-state index in [4.69, 9.17) is 4.74 Å². The van der Waals surface area contributed by atoms with E-state index in [0.717, 1.165) is 10.9 Å². The van der Waals surface area contributed by atoms with Gasteiger partial charge >= 0.3 is 6.18 Å². The van der Waals surface area contributed by atoms with Gasteiger partial charge in [0.1, 0.15) is 17.3 Å². The molecule has 9 nitrogen and oxygen atoms in total. The predicted molar refractivity (Wildman–Crippen MR) is 132 cm³/mol. The molecule has 3 aromatic rings. The molecule has 37 heavy (non-hydrogen) atoms. The lowest BCUT2D eigenvalue weighted by Gasteiger charge is -2.28. The van der Waals surface area contributed by atoms with Gasteiger partial charge in [-0.05, 0) is 55.0 Å². The molecule has 13 heteroatoms. The second kappa shape index (κ2) is 9.54. The number of carbonyl (C=O) groups excluding carboxylic acids is 1. The monoisotopic (exact) mass is 535 g/mol. The first-order valence-electron chi connectivity index (χ1n) is 11.0. The van der Waals surface area contributed by atoms with Crippen molar-refractivity contribution < 1.29 is 31.1 Å². The summed E-state index contributed by atoms with van der Waals surface area (Å²) in [5.41, 5.74) is -0.198. The molecule has 0 N–H and O–H groups in total. The van der Waals surface area contributed by atoms with Crippen LogP contribution in [0.5, 0.6) is 5.75 Å². The van der Waals surface area contributed by atoms with E-state index in [9.17, 15) is 26.4 Å². The van der Waals surface area contributed by atoms with Crippen LogP contribution in [0.3, 0.4) is 0 Å². The number of rotatable bonds is 5. The molecule has 1 amide bonds. The molecule has 0 aliphatic carbocycles. The molecule has 0 radical (unpaired) electrons. The maximum atomic E-state index is 13.8. The summed E-state index contributed by atoms with van der Waals surface area (Å²) in [6, 6.07) is 12.6. The zero-order chi connectivity index (χ0) is 27.1. The first-order valence-corrected chi connectivity index (χ1v) is 12.9. The first-order chi connectivity index (χ1) is 17.3. The van der Waals surface area contributed by atoms with Crippen molar-refractivity contribution in [2.45, 2.75) is 12.6 Å². The van der Waals surface area contributed by atoms with E-state index in [2.05, 4.69) is 9.50 Å². The molecule has 0 unspecified atom stereocenters. The number of fused-ring (bicyclic) bond motifs is 1. The van der Waals surface area contributed by atoms with Crippen LogP contribution >= 0.6 is 0 Å². The second-order valence-electron chi connectivity index (χ2n) is 8.58. The molecule has 0 saturated heterocycles. The van der Waals surface area contributed by atoms with Gasteiger partial charge in [-0.25, -0.2) is 13.1 Å². The van der Waals surface area contributed by atoms with Gasteiger partial charge in [-0.15, -0.1) is 4.40 Å². The Hall–Kier alpha value is -3.87. The average molecular weight is 536 g/mol. The lowest BCUT2D eigenvalue weighted by molar-refractivity contribution is -0.141. The summed E-state index contributed by atoms with van der Waals surface area (Å²) in [5, 5.41) is 3.78. The van der Waals surface area contributed by atoms with Crippen LogP contribution in [0.1, 0.15) is 27.3 Å². The Morgan fingerprint density at radius 2 is 1.65 bits per heavy atom. The number of hydrogen-bond donors (Lipinski definition) is 0. The number of hydrogen-bond acceptors (Lipinski definition) is 5. The van der Waals surface area contributed by atoms with Gasteiger partial charge in [-0.2, -0.15) is 18.3 Å². The van der Waals surface area contributed by atoms with Crippen molar-refractivity contribution in [3.63, 3.8) is 0 Å². The van der Waals surface area contributed by atoms with Crippen LogP contribution < -0.4 is 9.64 Å². The Kier molecular flexibility index (Phi) is 6.76. The molecule has 0 spiro atoms. The van der Waals surface area contributed by atoms with Crippen LogP contribution in [0.2, 0.25) is 0 Å². The summed E-state index contributed by atoms with van der Waals surface area (Å²) in [7, 11) is 1.09. The smallest absolute Gasteiger partial charge is 0.435 e. The van der Waals surface area contributed by atoms with E-state index < -0.39 is 27.8 Å². The number of halogens is 3. The number of carbonyl (C=O) groups is 1. The predicted octanol–water partition coefficient (Wildman–Crippen LogP) is 3.37. The van der Waals surface area contributed by atoms with Gasteiger partial charge in [0.25, 0.3) is 15.9 Å². The maximum absolute atomic E-state index is 13.8. The van der Waals surface area contributed by atoms with Crippen molar-refractivity contribution in [1.29, 1.82) is 0 Å². The van der Waals surface area contributed by atoms with E-state index >= 15 is 0 Å². The standard InChI is InChI=1S/C24H24F3N5O4S/c1-30(2)22(29-37(4,34)35)15-5-7-16(8-6-15)31-14-13-19-20(23(31)33)32(28-21(19)24(25,26)27)17-9-11-18(36-3)12-10-17/h5-12H,13-14H2,1-4H3/b29-22-. The van der Waals surface area contributed by atoms with E-state index in [1.165, 1.54) is 24.1 Å². The van der Waals surface area contributed by atoms with Crippen LogP contribution in [0.4, 0.5) is 18.9 Å². The Bertz CT molecular complexity index is 1460. The van der Waals surface area contributed by atoms with Crippen LogP contribution in [0.15, 0.2) is 52.9 Å². The summed E-state index contributed by atoms with van der Waals surface area (Å²) >= 11 is 0. The minimum absolute atomic E-state index is 0.0144. The number of methoxy groups -OCH3 is 1. The Balaban J connectivity index is 1.75. The topological polar surface area (TPSA) is 97.1 Å². The quantitative estimate of drug-likeness (QED) is 0.367. The summed E-state index contributed by atoms with van der Waals surface area (Å²) in [6.45, 7) is 0.0144. The Morgan fingerprint density at radius 3 is 2.16 bits per heavy atom. The van der Waals surface area contributed by atoms with Crippen LogP contribution in [0.25, 0.3) is 5.69 Å². The third-order valence-corrected chi connectivity index (χ3v) is 6.22. The Labute approximate surface area is 211 Å². The molecule has 2 aromatic carbocycles. The van der Waals surface area contributed by atoms with E-state index in [1.54, 1.807) is 55.4 Å². The molecular formula is C24H24F3N5O4S. The highest BCUT2D eigenvalue weighted by molar-refractivity contribution is 7.89. The molecule has 0 fully saturated rings. The van der Waals surface area contributed by atoms with Gasteiger partial charge in [0.05, 0.1) is 19.1 Å². The molecule has 4 rings (SSSR count). The summed E-state index contributed by atoms with van der Waals surface area (Å²) in [4.78, 5) is 16.5. The number of amidine groups is 1. The van der Waals surface area contributed by atoms with Gasteiger partial charge in [-0.1, -0.05) is 0 Å². The number of anilines is 1. The normalized spacial score (nSPS) is 14.5. The molecule has 0 atom stereocenters. The van der Waals surface area contributed by atoms with Gasteiger partial charge in [0.2, 0.25) is 0 Å². The second-order valence-corrected chi connectivity index (χ2v) is 10.2. The molecule has 0 bridgehead atoms. The average Bonchev–Trinajstić information content (AvgIpc) is 3.24. The third kappa shape index (κ3) is 5.31. The van der Waals surface area contributed by atoms with Crippen molar-refractivity contribution in [3.05, 3.63) is 71.0 Å². The van der Waals surface area contributed by atoms with Crippen LogP contribution in [0, 0.1) is 0 Å². The fraction of sp³-hybridized carbons (Fsp3) is 0.292. The zero-order valence-electron chi connectivity index (χ0n) is 20.4. The van der Waals surface area contributed by atoms with Crippen molar-refractivity contribution in [2.24, 2.45) is 4.40 Å². The fourth-order valence-electron chi connectivity index (χ4n) is 4.08. The number of alkyl halides is 3. The number of aromatic nitrogens is 2. The van der Waals surface area contributed by atoms with Gasteiger partial charge in [0, 0.05) is 37.5 Å². The summed E-state index contributed by atoms with van der Waals surface area (Å²) in [6.07, 6.45) is -3.80. The highest BCUT2D eigenvalue weighted by atomic mass is 32.2. The van der Waals surface area contributed by atoms with Crippen LogP contribution in [-0.2, 0) is 22.6 Å². The third-order valence-electron chi connectivity index (χ3n) is 5.72. The number of sulfonamides is 1. The van der Waals surface area contributed by atoms with Crippen molar-refractivity contribution in [1.82, 2.24) is 14.7 Å². The van der Waals surface area contributed by atoms with Crippen molar-refractivity contribution in [2.75, 3.05) is 38.9 Å². The number of nitrogens with zero attached hydrogens (tertiary/aromatic N) is 5. The minimum atomic E-state index is -4.73. The Morgan fingerprint density at radius 1 is 1.05 bits per heavy atom. The summed E-state index contributed by atoms with van der Waals surface area (Å²) in [5.74, 6) is 0.0736. The highest BCUT2D eigenvalue weighted by Crippen LogP contribution is 2.37. The van der Waals surface area contributed by atoms with E-state index in [1.807, 2.05) is 0 Å². The number of benzene rings is 2. The van der Waals surface area contributed by atoms with Gasteiger partial charge in [-0.3, -0.25) is 4.79 Å². The summed E-state index contributed by atoms with van der Waals surface area (Å²) < 4.78 is 74.6. The molecule has 1 aliphatic rings. The van der Waals surface area contributed by atoms with Gasteiger partial charge in [0.15, 0.2) is 5.69 Å². The number of amides is 1. The van der Waals surface area contributed by atoms with Crippen molar-refractivity contribution in [3.8, 4) is 11.4 Å². The van der Waals surface area contributed by atoms with Gasteiger partial charge < -0.3 is 14.5 Å². The first kappa shape index (κ1) is 26.2. The van der Waals surface area contributed by atoms with E-state index in [-0.39, 0.29) is 35.7 Å². The molecule has 0 saturated carbocycles. The fourth-order valence-corrected chi connectivity index (χ4v) is 4.67. The molecule has 1 aromatic heterocycles. The lowest BCUT2D eigenvalue weighted by atomic mass is 10.0. The zero-order valence-corrected chi connectivity index (χ0v) is 21.3. The van der Waals surface area contributed by atoms with E-state index in [0.29, 0.717) is 17.0 Å². The maximum Gasteiger partial charge on any atom is 0.435 e. The number of ether oxygens (including phenoxy) is 1.